The molecule has 164 valence electrons. The summed E-state index contributed by atoms with van der Waals surface area (Å²) in [6.07, 6.45) is 1.55. The van der Waals surface area contributed by atoms with Crippen LogP contribution in [-0.2, 0) is 25.5 Å². The monoisotopic (exact) mass is 442 g/mol. The van der Waals surface area contributed by atoms with E-state index in [0.717, 1.165) is 12.8 Å². The zero-order chi connectivity index (χ0) is 22.6. The average molecular weight is 443 g/mol. The molecule has 7 heteroatoms. The first-order chi connectivity index (χ1) is 14.6. The number of esters is 1. The largest absolute Gasteiger partial charge is 0.460 e. The second kappa shape index (κ2) is 9.52. The molecule has 2 amide bonds. The van der Waals surface area contributed by atoms with E-state index in [1.54, 1.807) is 45.0 Å². The Labute approximate surface area is 187 Å². The Kier molecular flexibility index (Phi) is 7.01. The zero-order valence-electron chi connectivity index (χ0n) is 17.9. The molecule has 6 nitrogen and oxygen atoms in total. The van der Waals surface area contributed by atoms with Crippen LogP contribution in [-0.4, -0.2) is 29.4 Å². The minimum Gasteiger partial charge on any atom is -0.460 e. The second-order valence-electron chi connectivity index (χ2n) is 8.76. The molecular weight excluding hydrogens is 416 g/mol. The van der Waals surface area contributed by atoms with Gasteiger partial charge >= 0.3 is 17.8 Å². The van der Waals surface area contributed by atoms with E-state index in [4.69, 9.17) is 16.3 Å². The molecule has 31 heavy (non-hydrogen) atoms. The quantitative estimate of drug-likeness (QED) is 0.536. The molecule has 0 aliphatic heterocycles. The fourth-order valence-electron chi connectivity index (χ4n) is 3.50. The molecule has 0 unspecified atom stereocenters. The maximum atomic E-state index is 12.4. The highest BCUT2D eigenvalue weighted by molar-refractivity contribution is 6.39. The van der Waals surface area contributed by atoms with Crippen molar-refractivity contribution < 1.29 is 19.1 Å². The van der Waals surface area contributed by atoms with Crippen LogP contribution in [0.3, 0.4) is 0 Å². The average Bonchev–Trinajstić information content (AvgIpc) is 2.65. The molecule has 0 saturated heterocycles. The van der Waals surface area contributed by atoms with Crippen LogP contribution in [0.15, 0.2) is 48.5 Å². The van der Waals surface area contributed by atoms with Gasteiger partial charge in [-0.25, -0.2) is 0 Å². The van der Waals surface area contributed by atoms with Crippen molar-refractivity contribution in [1.82, 2.24) is 5.32 Å². The van der Waals surface area contributed by atoms with E-state index in [0.29, 0.717) is 22.2 Å². The van der Waals surface area contributed by atoms with Crippen molar-refractivity contribution in [3.05, 3.63) is 64.7 Å². The van der Waals surface area contributed by atoms with Gasteiger partial charge in [-0.05, 0) is 68.9 Å². The predicted molar refractivity (Wildman–Crippen MR) is 120 cm³/mol. The van der Waals surface area contributed by atoms with Gasteiger partial charge in [0, 0.05) is 16.8 Å². The number of carbonyl (C=O) groups is 3. The predicted octanol–water partition coefficient (Wildman–Crippen LogP) is 4.23. The summed E-state index contributed by atoms with van der Waals surface area (Å²) in [4.78, 5) is 36.9. The van der Waals surface area contributed by atoms with Crippen LogP contribution in [0.2, 0.25) is 5.02 Å². The Morgan fingerprint density at radius 3 is 2.29 bits per heavy atom. The van der Waals surface area contributed by atoms with Gasteiger partial charge in [-0.1, -0.05) is 41.9 Å². The number of rotatable bonds is 5. The van der Waals surface area contributed by atoms with Crippen molar-refractivity contribution in [1.29, 1.82) is 0 Å². The van der Waals surface area contributed by atoms with Crippen LogP contribution in [0.4, 0.5) is 5.69 Å². The third-order valence-corrected chi connectivity index (χ3v) is 5.29. The van der Waals surface area contributed by atoms with Crippen LogP contribution >= 0.6 is 11.6 Å². The van der Waals surface area contributed by atoms with Gasteiger partial charge in [0.15, 0.2) is 0 Å². The van der Waals surface area contributed by atoms with Gasteiger partial charge in [0.05, 0.1) is 6.42 Å². The summed E-state index contributed by atoms with van der Waals surface area (Å²) < 4.78 is 5.34. The summed E-state index contributed by atoms with van der Waals surface area (Å²) in [5.74, 6) is -1.50. The van der Waals surface area contributed by atoms with Gasteiger partial charge in [0.1, 0.15) is 5.60 Å². The fraction of sp³-hybridized carbons (Fsp3) is 0.375. The van der Waals surface area contributed by atoms with Gasteiger partial charge in [-0.3, -0.25) is 14.4 Å². The summed E-state index contributed by atoms with van der Waals surface area (Å²) in [6, 6.07) is 14.5. The topological polar surface area (TPSA) is 84.5 Å². The summed E-state index contributed by atoms with van der Waals surface area (Å²) >= 11 is 5.92. The molecule has 0 spiro atoms. The summed E-state index contributed by atoms with van der Waals surface area (Å²) in [6.45, 7) is 5.38. The lowest BCUT2D eigenvalue weighted by molar-refractivity contribution is -0.153. The molecule has 1 saturated carbocycles. The molecule has 0 aromatic heterocycles. The van der Waals surface area contributed by atoms with Crippen molar-refractivity contribution in [2.45, 2.75) is 57.6 Å². The standard InChI is InChI=1S/C24H27ClN2O4/c1-24(2,3)31-21(28)14-16-6-4-5-7-20(16)27-23(30)22(29)26-19-12-17(13-19)15-8-10-18(25)11-9-15/h4-11,17,19H,12-14H2,1-3H3,(H,26,29)(H,27,30). The number of nitrogens with one attached hydrogen (secondary N) is 2. The summed E-state index contributed by atoms with van der Waals surface area (Å²) in [7, 11) is 0. The smallest absolute Gasteiger partial charge is 0.313 e. The van der Waals surface area contributed by atoms with Crippen LogP contribution in [0.5, 0.6) is 0 Å². The molecule has 0 heterocycles. The number of hydrogen-bond donors (Lipinski definition) is 2. The molecule has 2 aromatic rings. The Hall–Kier alpha value is -2.86. The molecular formula is C24H27ClN2O4. The molecule has 2 aromatic carbocycles. The molecule has 1 aliphatic carbocycles. The van der Waals surface area contributed by atoms with Crippen LogP contribution < -0.4 is 10.6 Å². The Morgan fingerprint density at radius 1 is 1.00 bits per heavy atom. The first-order valence-electron chi connectivity index (χ1n) is 10.3. The number of hydrogen-bond acceptors (Lipinski definition) is 4. The highest BCUT2D eigenvalue weighted by atomic mass is 35.5. The molecule has 0 bridgehead atoms. The minimum absolute atomic E-state index is 0.000734. The highest BCUT2D eigenvalue weighted by Crippen LogP contribution is 2.37. The highest BCUT2D eigenvalue weighted by Gasteiger charge is 2.32. The van der Waals surface area contributed by atoms with Crippen LogP contribution in [0, 0.1) is 0 Å². The van der Waals surface area contributed by atoms with E-state index in [1.807, 2.05) is 24.3 Å². The fourth-order valence-corrected chi connectivity index (χ4v) is 3.63. The first-order valence-corrected chi connectivity index (χ1v) is 10.7. The molecule has 1 aliphatic rings. The number of halogens is 1. The number of ether oxygens (including phenoxy) is 1. The van der Waals surface area contributed by atoms with Crippen molar-refractivity contribution in [3.63, 3.8) is 0 Å². The van der Waals surface area contributed by atoms with Crippen LogP contribution in [0.25, 0.3) is 0 Å². The molecule has 1 fully saturated rings. The van der Waals surface area contributed by atoms with Crippen molar-refractivity contribution in [3.8, 4) is 0 Å². The number of carbonyl (C=O) groups excluding carboxylic acids is 3. The van der Waals surface area contributed by atoms with Gasteiger partial charge in [0.25, 0.3) is 0 Å². The van der Waals surface area contributed by atoms with E-state index in [2.05, 4.69) is 10.6 Å². The Morgan fingerprint density at radius 2 is 1.65 bits per heavy atom. The van der Waals surface area contributed by atoms with E-state index in [-0.39, 0.29) is 12.5 Å². The van der Waals surface area contributed by atoms with E-state index < -0.39 is 23.4 Å². The van der Waals surface area contributed by atoms with Gasteiger partial charge in [0.2, 0.25) is 0 Å². The maximum absolute atomic E-state index is 12.4. The molecule has 3 rings (SSSR count). The van der Waals surface area contributed by atoms with Crippen molar-refractivity contribution in [2.75, 3.05) is 5.32 Å². The lowest BCUT2D eigenvalue weighted by Gasteiger charge is -2.36. The Balaban J connectivity index is 1.52. The summed E-state index contributed by atoms with van der Waals surface area (Å²) in [5.41, 5.74) is 1.59. The van der Waals surface area contributed by atoms with Crippen molar-refractivity contribution >= 4 is 35.1 Å². The molecule has 0 radical (unpaired) electrons. The normalized spacial score (nSPS) is 17.9. The molecule has 0 atom stereocenters. The number of benzene rings is 2. The van der Waals surface area contributed by atoms with E-state index >= 15 is 0 Å². The SMILES string of the molecule is CC(C)(C)OC(=O)Cc1ccccc1NC(=O)C(=O)NC1CC(c2ccc(Cl)cc2)C1. The third-order valence-electron chi connectivity index (χ3n) is 5.04. The van der Waals surface area contributed by atoms with Gasteiger partial charge < -0.3 is 15.4 Å². The second-order valence-corrected chi connectivity index (χ2v) is 9.20. The first kappa shape index (κ1) is 22.8. The lowest BCUT2D eigenvalue weighted by atomic mass is 9.76. The number of para-hydroxylation sites is 1. The van der Waals surface area contributed by atoms with Crippen LogP contribution in [0.1, 0.15) is 50.7 Å². The number of amides is 2. The zero-order valence-corrected chi connectivity index (χ0v) is 18.7. The van der Waals surface area contributed by atoms with E-state index in [1.165, 1.54) is 5.56 Å². The number of anilines is 1. The molecule has 2 N–H and O–H groups in total. The third kappa shape index (κ3) is 6.56. The Bertz CT molecular complexity index is 960. The van der Waals surface area contributed by atoms with Gasteiger partial charge in [-0.2, -0.15) is 0 Å². The minimum atomic E-state index is -0.758. The van der Waals surface area contributed by atoms with E-state index in [9.17, 15) is 14.4 Å². The van der Waals surface area contributed by atoms with Gasteiger partial charge in [-0.15, -0.1) is 0 Å². The maximum Gasteiger partial charge on any atom is 0.313 e. The lowest BCUT2D eigenvalue weighted by Crippen LogP contribution is -2.47. The summed E-state index contributed by atoms with van der Waals surface area (Å²) in [5, 5.41) is 6.07. The van der Waals surface area contributed by atoms with Crippen molar-refractivity contribution in [2.24, 2.45) is 0 Å².